The molecule has 3 rings (SSSR count). The van der Waals surface area contributed by atoms with Crippen LogP contribution >= 0.6 is 35.0 Å². The molecule has 0 saturated carbocycles. The summed E-state index contributed by atoms with van der Waals surface area (Å²) in [6, 6.07) is 8.81. The first-order chi connectivity index (χ1) is 16.3. The zero-order chi connectivity index (χ0) is 24.8. The van der Waals surface area contributed by atoms with Gasteiger partial charge in [-0.05, 0) is 38.5 Å². The van der Waals surface area contributed by atoms with Crippen molar-refractivity contribution in [2.24, 2.45) is 0 Å². The van der Waals surface area contributed by atoms with Gasteiger partial charge in [-0.15, -0.1) is 10.2 Å². The maximum Gasteiger partial charge on any atom is 0.234 e. The topological polar surface area (TPSA) is 87.5 Å². The number of amides is 1. The van der Waals surface area contributed by atoms with Crippen molar-refractivity contribution in [1.82, 2.24) is 14.8 Å². The predicted molar refractivity (Wildman–Crippen MR) is 135 cm³/mol. The number of carbonyl (C=O) groups is 1. The van der Waals surface area contributed by atoms with Gasteiger partial charge >= 0.3 is 0 Å². The number of halogens is 2. The summed E-state index contributed by atoms with van der Waals surface area (Å²) in [6.07, 6.45) is -0.388. The second kappa shape index (κ2) is 11.7. The number of thioether (sulfide) groups is 1. The first-order valence-electron chi connectivity index (χ1n) is 10.5. The molecular formula is C23H26Cl2N4O4S. The maximum atomic E-state index is 12.6. The number of methoxy groups -OCH3 is 2. The van der Waals surface area contributed by atoms with E-state index in [-0.39, 0.29) is 17.8 Å². The fourth-order valence-electron chi connectivity index (χ4n) is 3.22. The number of benzene rings is 2. The lowest BCUT2D eigenvalue weighted by Crippen LogP contribution is -2.16. The average molecular weight is 525 g/mol. The quantitative estimate of drug-likeness (QED) is 0.335. The van der Waals surface area contributed by atoms with Gasteiger partial charge in [-0.25, -0.2) is 0 Å². The second-order valence-electron chi connectivity index (χ2n) is 7.30. The monoisotopic (exact) mass is 524 g/mol. The number of ether oxygens (including phenoxy) is 3. The second-order valence-corrected chi connectivity index (χ2v) is 9.06. The molecule has 1 amide bonds. The van der Waals surface area contributed by atoms with Crippen molar-refractivity contribution in [2.75, 3.05) is 25.3 Å². The molecule has 1 aromatic heterocycles. The summed E-state index contributed by atoms with van der Waals surface area (Å²) in [7, 11) is 3.00. The van der Waals surface area contributed by atoms with Crippen molar-refractivity contribution in [3.05, 3.63) is 51.8 Å². The summed E-state index contributed by atoms with van der Waals surface area (Å²) in [5.41, 5.74) is 1.50. The molecule has 0 radical (unpaired) electrons. The fourth-order valence-corrected chi connectivity index (χ4v) is 4.43. The molecule has 0 spiro atoms. The number of hydrogen-bond donors (Lipinski definition) is 1. The average Bonchev–Trinajstić information content (AvgIpc) is 3.24. The lowest BCUT2D eigenvalue weighted by Gasteiger charge is -2.17. The third kappa shape index (κ3) is 6.08. The maximum absolute atomic E-state index is 12.6. The molecule has 1 unspecified atom stereocenters. The van der Waals surface area contributed by atoms with Crippen molar-refractivity contribution in [2.45, 2.75) is 38.6 Å². The van der Waals surface area contributed by atoms with Gasteiger partial charge in [0, 0.05) is 18.7 Å². The third-order valence-electron chi connectivity index (χ3n) is 4.90. The Morgan fingerprint density at radius 2 is 1.82 bits per heavy atom. The number of aryl methyl sites for hydroxylation is 1. The van der Waals surface area contributed by atoms with E-state index in [9.17, 15) is 4.79 Å². The molecule has 0 aliphatic carbocycles. The van der Waals surface area contributed by atoms with E-state index in [1.807, 2.05) is 37.5 Å². The van der Waals surface area contributed by atoms with Gasteiger partial charge in [0.2, 0.25) is 5.91 Å². The van der Waals surface area contributed by atoms with Crippen LogP contribution in [0.2, 0.25) is 10.0 Å². The van der Waals surface area contributed by atoms with E-state index in [2.05, 4.69) is 15.5 Å². The van der Waals surface area contributed by atoms with Crippen LogP contribution in [0.1, 0.15) is 31.3 Å². The highest BCUT2D eigenvalue weighted by Gasteiger charge is 2.21. The van der Waals surface area contributed by atoms with Gasteiger partial charge in [0.15, 0.2) is 17.1 Å². The number of hydrogen-bond acceptors (Lipinski definition) is 7. The Hall–Kier alpha value is -2.62. The van der Waals surface area contributed by atoms with Gasteiger partial charge in [0.05, 0.1) is 35.7 Å². The van der Waals surface area contributed by atoms with E-state index >= 15 is 0 Å². The lowest BCUT2D eigenvalue weighted by atomic mass is 10.2. The van der Waals surface area contributed by atoms with E-state index < -0.39 is 0 Å². The van der Waals surface area contributed by atoms with Crippen LogP contribution in [0.15, 0.2) is 35.5 Å². The van der Waals surface area contributed by atoms with E-state index in [0.717, 1.165) is 5.56 Å². The normalized spacial score (nSPS) is 11.7. The van der Waals surface area contributed by atoms with Gasteiger partial charge in [0.1, 0.15) is 17.2 Å². The highest BCUT2D eigenvalue weighted by atomic mass is 35.5. The first kappa shape index (κ1) is 26.0. The van der Waals surface area contributed by atoms with Crippen LogP contribution in [0, 0.1) is 6.92 Å². The van der Waals surface area contributed by atoms with Crippen LogP contribution in [0.5, 0.6) is 17.2 Å². The predicted octanol–water partition coefficient (Wildman–Crippen LogP) is 5.80. The largest absolute Gasteiger partial charge is 0.495 e. The molecule has 0 aliphatic heterocycles. The molecule has 0 bridgehead atoms. The van der Waals surface area contributed by atoms with E-state index in [0.29, 0.717) is 50.5 Å². The minimum absolute atomic E-state index is 0.116. The Bertz CT molecular complexity index is 1170. The molecule has 182 valence electrons. The zero-order valence-corrected chi connectivity index (χ0v) is 21.8. The SMILES string of the molecule is CCn1c(SCC(=O)Nc2cc(OC)c(Cl)cc2OC)nnc1C(C)Oc1cc(C)ccc1Cl. The number of rotatable bonds is 10. The summed E-state index contributed by atoms with van der Waals surface area (Å²) in [5.74, 6) is 1.97. The van der Waals surface area contributed by atoms with Gasteiger partial charge in [0.25, 0.3) is 0 Å². The molecule has 0 fully saturated rings. The molecule has 8 nitrogen and oxygen atoms in total. The smallest absolute Gasteiger partial charge is 0.234 e. The molecule has 2 aromatic carbocycles. The number of aromatic nitrogens is 3. The van der Waals surface area contributed by atoms with E-state index in [4.69, 9.17) is 37.4 Å². The van der Waals surface area contributed by atoms with Crippen molar-refractivity contribution in [3.63, 3.8) is 0 Å². The minimum atomic E-state index is -0.388. The van der Waals surface area contributed by atoms with Crippen molar-refractivity contribution in [3.8, 4) is 17.2 Å². The van der Waals surface area contributed by atoms with Gasteiger partial charge in [-0.2, -0.15) is 0 Å². The minimum Gasteiger partial charge on any atom is -0.495 e. The van der Waals surface area contributed by atoms with Crippen LogP contribution < -0.4 is 19.5 Å². The summed E-state index contributed by atoms with van der Waals surface area (Å²) >= 11 is 13.7. The summed E-state index contributed by atoms with van der Waals surface area (Å²) in [6.45, 7) is 6.45. The van der Waals surface area contributed by atoms with Gasteiger partial charge in [-0.3, -0.25) is 4.79 Å². The van der Waals surface area contributed by atoms with Gasteiger partial charge in [-0.1, -0.05) is 41.0 Å². The summed E-state index contributed by atoms with van der Waals surface area (Å²) in [5, 5.41) is 12.9. The Morgan fingerprint density at radius 1 is 1.09 bits per heavy atom. The van der Waals surface area contributed by atoms with E-state index in [1.54, 1.807) is 18.2 Å². The molecule has 1 N–H and O–H groups in total. The molecule has 0 aliphatic rings. The van der Waals surface area contributed by atoms with Crippen LogP contribution in [0.25, 0.3) is 0 Å². The standard InChI is InChI=1S/C23H26Cl2N4O4S/c1-6-29-22(14(3)33-19-9-13(2)7-8-15(19)24)27-28-23(29)34-12-21(30)26-17-11-18(31-4)16(25)10-20(17)32-5/h7-11,14H,6,12H2,1-5H3,(H,26,30). The molecule has 1 atom stereocenters. The van der Waals surface area contributed by atoms with E-state index in [1.165, 1.54) is 26.0 Å². The Kier molecular flexibility index (Phi) is 8.93. The van der Waals surface area contributed by atoms with Crippen molar-refractivity contribution < 1.29 is 19.0 Å². The van der Waals surface area contributed by atoms with Crippen LogP contribution in [0.4, 0.5) is 5.69 Å². The Balaban J connectivity index is 1.69. The van der Waals surface area contributed by atoms with Crippen LogP contribution in [-0.4, -0.2) is 40.6 Å². The number of carbonyl (C=O) groups excluding carboxylic acids is 1. The van der Waals surface area contributed by atoms with Gasteiger partial charge < -0.3 is 24.1 Å². The molecular weight excluding hydrogens is 499 g/mol. The zero-order valence-electron chi connectivity index (χ0n) is 19.5. The lowest BCUT2D eigenvalue weighted by molar-refractivity contribution is -0.113. The fraction of sp³-hybridized carbons (Fsp3) is 0.348. The number of anilines is 1. The van der Waals surface area contributed by atoms with Crippen LogP contribution in [-0.2, 0) is 11.3 Å². The molecule has 11 heteroatoms. The molecule has 1 heterocycles. The highest BCUT2D eigenvalue weighted by Crippen LogP contribution is 2.36. The highest BCUT2D eigenvalue weighted by molar-refractivity contribution is 7.99. The molecule has 0 saturated heterocycles. The van der Waals surface area contributed by atoms with Crippen molar-refractivity contribution in [1.29, 1.82) is 0 Å². The molecule has 34 heavy (non-hydrogen) atoms. The summed E-state index contributed by atoms with van der Waals surface area (Å²) in [4.78, 5) is 12.6. The summed E-state index contributed by atoms with van der Waals surface area (Å²) < 4.78 is 18.5. The number of nitrogens with zero attached hydrogens (tertiary/aromatic N) is 3. The number of nitrogens with one attached hydrogen (secondary N) is 1. The Morgan fingerprint density at radius 3 is 2.50 bits per heavy atom. The van der Waals surface area contributed by atoms with Crippen LogP contribution in [0.3, 0.4) is 0 Å². The third-order valence-corrected chi connectivity index (χ3v) is 6.47. The Labute approximate surface area is 212 Å². The first-order valence-corrected chi connectivity index (χ1v) is 12.2. The molecule has 3 aromatic rings. The van der Waals surface area contributed by atoms with Crippen molar-refractivity contribution >= 4 is 46.6 Å².